The van der Waals surface area contributed by atoms with E-state index in [0.29, 0.717) is 39.5 Å². The topological polar surface area (TPSA) is 68.5 Å². The molecule has 134 valence electrons. The van der Waals surface area contributed by atoms with Crippen molar-refractivity contribution >= 4 is 27.8 Å². The van der Waals surface area contributed by atoms with Crippen LogP contribution in [-0.4, -0.2) is 26.6 Å². The quantitative estimate of drug-likeness (QED) is 0.373. The van der Waals surface area contributed by atoms with E-state index in [2.05, 4.69) is 15.9 Å². The number of rotatable bonds is 7. The van der Waals surface area contributed by atoms with Crippen LogP contribution in [0.3, 0.4) is 0 Å². The highest BCUT2D eigenvalue weighted by molar-refractivity contribution is 9.10. The number of ether oxygens (including phenoxy) is 3. The average Bonchev–Trinajstić information content (AvgIpc) is 2.65. The van der Waals surface area contributed by atoms with E-state index in [0.717, 1.165) is 0 Å². The number of nitrogens with zero attached hydrogens (tertiary/aromatic N) is 1. The monoisotopic (exact) mass is 415 g/mol. The molecule has 0 aliphatic rings. The molecule has 26 heavy (non-hydrogen) atoms. The first-order valence-electron chi connectivity index (χ1n) is 7.85. The Morgan fingerprint density at radius 2 is 1.92 bits per heavy atom. The highest BCUT2D eigenvalue weighted by atomic mass is 79.9. The van der Waals surface area contributed by atoms with Crippen molar-refractivity contribution in [2.45, 2.75) is 6.92 Å². The third-order valence-corrected chi connectivity index (χ3v) is 4.15. The first kappa shape index (κ1) is 19.5. The van der Waals surface area contributed by atoms with Crippen LogP contribution >= 0.6 is 15.9 Å². The molecule has 0 saturated heterocycles. The van der Waals surface area contributed by atoms with Gasteiger partial charge in [-0.2, -0.15) is 5.26 Å². The third-order valence-electron chi connectivity index (χ3n) is 3.56. The van der Waals surface area contributed by atoms with Crippen molar-refractivity contribution in [1.29, 1.82) is 5.26 Å². The lowest BCUT2D eigenvalue weighted by Crippen LogP contribution is -2.04. The van der Waals surface area contributed by atoms with Gasteiger partial charge in [-0.1, -0.05) is 12.1 Å². The Balaban J connectivity index is 2.49. The molecular weight excluding hydrogens is 398 g/mol. The van der Waals surface area contributed by atoms with Gasteiger partial charge in [0.05, 0.1) is 30.9 Å². The molecule has 0 N–H and O–H groups in total. The van der Waals surface area contributed by atoms with E-state index in [1.165, 1.54) is 13.2 Å². The molecule has 2 aromatic carbocycles. The second kappa shape index (κ2) is 9.07. The molecule has 0 aliphatic heterocycles. The van der Waals surface area contributed by atoms with Crippen molar-refractivity contribution in [3.05, 3.63) is 57.6 Å². The van der Waals surface area contributed by atoms with E-state index in [1.54, 1.807) is 43.5 Å². The average molecular weight is 416 g/mol. The number of hydrogen-bond donors (Lipinski definition) is 0. The summed E-state index contributed by atoms with van der Waals surface area (Å²) >= 11 is 3.42. The van der Waals surface area contributed by atoms with Crippen LogP contribution in [0.5, 0.6) is 17.2 Å². The summed E-state index contributed by atoms with van der Waals surface area (Å²) in [4.78, 5) is 12.7. The molecular formula is C20H18BrNO4. The van der Waals surface area contributed by atoms with Crippen LogP contribution in [0.1, 0.15) is 22.8 Å². The number of halogens is 1. The second-order valence-corrected chi connectivity index (χ2v) is 6.02. The molecule has 0 heterocycles. The maximum Gasteiger partial charge on any atom is 0.207 e. The molecule has 0 bridgehead atoms. The lowest BCUT2D eigenvalue weighted by Gasteiger charge is -2.12. The lowest BCUT2D eigenvalue weighted by atomic mass is 10.0. The number of allylic oxidation sites excluding steroid dienone is 1. The van der Waals surface area contributed by atoms with Gasteiger partial charge in [0.1, 0.15) is 17.4 Å². The van der Waals surface area contributed by atoms with E-state index in [4.69, 9.17) is 14.2 Å². The predicted octanol–water partition coefficient (Wildman–Crippen LogP) is 4.65. The smallest absolute Gasteiger partial charge is 0.207 e. The zero-order chi connectivity index (χ0) is 19.1. The van der Waals surface area contributed by atoms with E-state index in [-0.39, 0.29) is 5.57 Å². The number of ketones is 1. The minimum Gasteiger partial charge on any atom is -0.496 e. The number of carbonyl (C=O) groups is 1. The normalized spacial score (nSPS) is 10.8. The zero-order valence-corrected chi connectivity index (χ0v) is 16.3. The zero-order valence-electron chi connectivity index (χ0n) is 14.7. The van der Waals surface area contributed by atoms with E-state index in [9.17, 15) is 10.1 Å². The van der Waals surface area contributed by atoms with Gasteiger partial charge in [-0.15, -0.1) is 0 Å². The summed E-state index contributed by atoms with van der Waals surface area (Å²) in [6, 6.07) is 12.2. The van der Waals surface area contributed by atoms with Gasteiger partial charge >= 0.3 is 0 Å². The van der Waals surface area contributed by atoms with Gasteiger partial charge in [-0.05, 0) is 58.8 Å². The molecule has 0 unspecified atom stereocenters. The summed E-state index contributed by atoms with van der Waals surface area (Å²) in [6.07, 6.45) is 1.52. The van der Waals surface area contributed by atoms with Crippen molar-refractivity contribution in [2.75, 3.05) is 20.8 Å². The first-order valence-corrected chi connectivity index (χ1v) is 8.64. The molecule has 2 rings (SSSR count). The number of para-hydroxylation sites is 1. The fraction of sp³-hybridized carbons (Fsp3) is 0.200. The summed E-state index contributed by atoms with van der Waals surface area (Å²) in [5, 5.41) is 9.48. The van der Waals surface area contributed by atoms with Crippen LogP contribution in [-0.2, 0) is 0 Å². The summed E-state index contributed by atoms with van der Waals surface area (Å²) in [6.45, 7) is 2.32. The fourth-order valence-electron chi connectivity index (χ4n) is 2.42. The van der Waals surface area contributed by atoms with Gasteiger partial charge in [0.25, 0.3) is 0 Å². The number of Topliss-reactive ketones (excluding diaryl/α,β-unsaturated/α-hetero) is 1. The van der Waals surface area contributed by atoms with Crippen LogP contribution in [0.15, 0.2) is 46.4 Å². The molecule has 0 atom stereocenters. The number of benzene rings is 2. The molecule has 6 heteroatoms. The largest absolute Gasteiger partial charge is 0.496 e. The minimum absolute atomic E-state index is 0.00554. The van der Waals surface area contributed by atoms with Crippen LogP contribution in [0, 0.1) is 11.3 Å². The lowest BCUT2D eigenvalue weighted by molar-refractivity contribution is 0.103. The summed E-state index contributed by atoms with van der Waals surface area (Å²) in [5.41, 5.74) is 0.968. The Morgan fingerprint density at radius 3 is 2.54 bits per heavy atom. The maximum atomic E-state index is 12.7. The Kier molecular flexibility index (Phi) is 6.81. The Labute approximate surface area is 160 Å². The Hall–Kier alpha value is -2.78. The third kappa shape index (κ3) is 4.24. The molecule has 0 saturated carbocycles. The number of carbonyl (C=O) groups excluding carboxylic acids is 1. The molecule has 0 fully saturated rings. The van der Waals surface area contributed by atoms with E-state index in [1.807, 2.05) is 13.0 Å². The molecule has 0 aromatic heterocycles. The summed E-state index contributed by atoms with van der Waals surface area (Å²) < 4.78 is 16.8. The van der Waals surface area contributed by atoms with Gasteiger partial charge in [0.15, 0.2) is 11.5 Å². The first-order chi connectivity index (χ1) is 12.5. The molecule has 0 spiro atoms. The van der Waals surface area contributed by atoms with Gasteiger partial charge in [-0.3, -0.25) is 4.79 Å². The second-order valence-electron chi connectivity index (χ2n) is 5.17. The van der Waals surface area contributed by atoms with Crippen LogP contribution in [0.2, 0.25) is 0 Å². The highest BCUT2D eigenvalue weighted by Crippen LogP contribution is 2.37. The van der Waals surface area contributed by atoms with Crippen molar-refractivity contribution in [3.8, 4) is 23.3 Å². The highest BCUT2D eigenvalue weighted by Gasteiger charge is 2.17. The number of hydrogen-bond acceptors (Lipinski definition) is 5. The Morgan fingerprint density at radius 1 is 1.19 bits per heavy atom. The van der Waals surface area contributed by atoms with Crippen molar-refractivity contribution in [1.82, 2.24) is 0 Å². The predicted molar refractivity (Wildman–Crippen MR) is 103 cm³/mol. The van der Waals surface area contributed by atoms with Gasteiger partial charge in [-0.25, -0.2) is 0 Å². The molecule has 2 aromatic rings. The van der Waals surface area contributed by atoms with Crippen LogP contribution < -0.4 is 14.2 Å². The van der Waals surface area contributed by atoms with Crippen LogP contribution in [0.4, 0.5) is 0 Å². The van der Waals surface area contributed by atoms with Gasteiger partial charge in [0.2, 0.25) is 5.78 Å². The van der Waals surface area contributed by atoms with E-state index < -0.39 is 5.78 Å². The molecule has 0 amide bonds. The molecule has 5 nitrogen and oxygen atoms in total. The minimum atomic E-state index is -0.408. The standard InChI is InChI=1S/C20H18BrNO4/c1-4-26-18-11-13(10-16(21)20(18)25-3)9-14(12-22)19(23)15-7-5-6-8-17(15)24-2/h5-11H,4H2,1-3H3/b14-9+. The van der Waals surface area contributed by atoms with Gasteiger partial charge < -0.3 is 14.2 Å². The molecule has 0 radical (unpaired) electrons. The summed E-state index contributed by atoms with van der Waals surface area (Å²) in [5.74, 6) is 1.09. The summed E-state index contributed by atoms with van der Waals surface area (Å²) in [7, 11) is 3.03. The van der Waals surface area contributed by atoms with Gasteiger partial charge in [0, 0.05) is 0 Å². The van der Waals surface area contributed by atoms with E-state index >= 15 is 0 Å². The fourth-order valence-corrected chi connectivity index (χ4v) is 3.05. The number of methoxy groups -OCH3 is 2. The molecule has 0 aliphatic carbocycles. The van der Waals surface area contributed by atoms with Crippen LogP contribution in [0.25, 0.3) is 6.08 Å². The van der Waals surface area contributed by atoms with Crippen molar-refractivity contribution < 1.29 is 19.0 Å². The number of nitriles is 1. The van der Waals surface area contributed by atoms with Crippen molar-refractivity contribution in [2.24, 2.45) is 0 Å². The maximum absolute atomic E-state index is 12.7. The Bertz CT molecular complexity index is 884. The van der Waals surface area contributed by atoms with Crippen molar-refractivity contribution in [3.63, 3.8) is 0 Å². The SMILES string of the molecule is CCOc1cc(/C=C(\C#N)C(=O)c2ccccc2OC)cc(Br)c1OC.